The van der Waals surface area contributed by atoms with Crippen LogP contribution in [0.4, 0.5) is 0 Å². The molecule has 2 rings (SSSR count). The molecule has 0 aliphatic carbocycles. The molecule has 0 spiro atoms. The summed E-state index contributed by atoms with van der Waals surface area (Å²) < 4.78 is 1.88. The Hall–Kier alpha value is -1.36. The van der Waals surface area contributed by atoms with Gasteiger partial charge in [-0.2, -0.15) is 0 Å². The minimum Gasteiger partial charge on any atom is -0.476 e. The van der Waals surface area contributed by atoms with Crippen molar-refractivity contribution in [3.05, 3.63) is 18.2 Å². The van der Waals surface area contributed by atoms with E-state index in [2.05, 4.69) is 10.3 Å². The van der Waals surface area contributed by atoms with Crippen LogP contribution in [0.5, 0.6) is 0 Å². The second-order valence-corrected chi connectivity index (χ2v) is 3.51. The van der Waals surface area contributed by atoms with E-state index in [1.807, 2.05) is 4.57 Å². The van der Waals surface area contributed by atoms with Gasteiger partial charge in [0, 0.05) is 18.8 Å². The van der Waals surface area contributed by atoms with E-state index in [0.717, 1.165) is 25.9 Å². The van der Waals surface area contributed by atoms with Gasteiger partial charge in [0.25, 0.3) is 0 Å². The molecule has 1 aromatic rings. The van der Waals surface area contributed by atoms with Gasteiger partial charge in [-0.3, -0.25) is 0 Å². The number of hydrogen-bond acceptors (Lipinski definition) is 3. The topological polar surface area (TPSA) is 67.2 Å². The van der Waals surface area contributed by atoms with Crippen LogP contribution in [0, 0.1) is 0 Å². The predicted molar refractivity (Wildman–Crippen MR) is 50.3 cm³/mol. The van der Waals surface area contributed by atoms with Crippen molar-refractivity contribution >= 4 is 5.97 Å². The molecule has 14 heavy (non-hydrogen) atoms. The summed E-state index contributed by atoms with van der Waals surface area (Å²) in [5.74, 6) is -0.965. The molecule has 1 atom stereocenters. The van der Waals surface area contributed by atoms with Crippen molar-refractivity contribution in [3.8, 4) is 0 Å². The van der Waals surface area contributed by atoms with Gasteiger partial charge in [0.05, 0.1) is 6.33 Å². The van der Waals surface area contributed by atoms with Gasteiger partial charge in [-0.15, -0.1) is 0 Å². The molecule has 1 aliphatic heterocycles. The number of carbonyl (C=O) groups is 1. The van der Waals surface area contributed by atoms with E-state index < -0.39 is 5.97 Å². The van der Waals surface area contributed by atoms with Crippen molar-refractivity contribution in [2.24, 2.45) is 0 Å². The van der Waals surface area contributed by atoms with Gasteiger partial charge in [-0.25, -0.2) is 9.78 Å². The molecule has 0 amide bonds. The van der Waals surface area contributed by atoms with Crippen LogP contribution in [0.2, 0.25) is 0 Å². The van der Waals surface area contributed by atoms with Crippen molar-refractivity contribution < 1.29 is 9.90 Å². The zero-order chi connectivity index (χ0) is 9.97. The van der Waals surface area contributed by atoms with Crippen LogP contribution < -0.4 is 5.32 Å². The molecule has 1 fully saturated rings. The van der Waals surface area contributed by atoms with E-state index in [4.69, 9.17) is 5.11 Å². The molecule has 1 saturated heterocycles. The molecule has 0 aromatic carbocycles. The summed E-state index contributed by atoms with van der Waals surface area (Å²) in [6, 6.07) is 0.351. The summed E-state index contributed by atoms with van der Waals surface area (Å²) in [6.07, 6.45) is 5.41. The van der Waals surface area contributed by atoms with Gasteiger partial charge >= 0.3 is 5.97 Å². The monoisotopic (exact) mass is 195 g/mol. The fourth-order valence-electron chi connectivity index (χ4n) is 1.73. The lowest BCUT2D eigenvalue weighted by molar-refractivity contribution is 0.0691. The predicted octanol–water partition coefficient (Wildman–Crippen LogP) is 0.506. The van der Waals surface area contributed by atoms with Crippen LogP contribution in [0.15, 0.2) is 12.5 Å². The molecule has 5 heteroatoms. The fraction of sp³-hybridized carbons (Fsp3) is 0.556. The zero-order valence-electron chi connectivity index (χ0n) is 7.81. The number of hydrogen-bond donors (Lipinski definition) is 2. The highest BCUT2D eigenvalue weighted by Gasteiger charge is 2.16. The SMILES string of the molecule is O=C(O)c1cn(C2CCCNC2)cn1. The van der Waals surface area contributed by atoms with E-state index in [0.29, 0.717) is 6.04 Å². The summed E-state index contributed by atoms with van der Waals surface area (Å²) in [6.45, 7) is 1.95. The lowest BCUT2D eigenvalue weighted by Gasteiger charge is -2.23. The van der Waals surface area contributed by atoms with Crippen LogP contribution in [-0.2, 0) is 0 Å². The highest BCUT2D eigenvalue weighted by atomic mass is 16.4. The number of carboxylic acid groups (broad SMARTS) is 1. The molecule has 0 bridgehead atoms. The third kappa shape index (κ3) is 1.77. The first-order chi connectivity index (χ1) is 6.77. The number of imidazole rings is 1. The fourth-order valence-corrected chi connectivity index (χ4v) is 1.73. The van der Waals surface area contributed by atoms with Gasteiger partial charge in [-0.05, 0) is 19.4 Å². The minimum absolute atomic E-state index is 0.121. The molecular weight excluding hydrogens is 182 g/mol. The maximum absolute atomic E-state index is 10.6. The maximum Gasteiger partial charge on any atom is 0.356 e. The third-order valence-electron chi connectivity index (χ3n) is 2.51. The van der Waals surface area contributed by atoms with Crippen LogP contribution in [0.25, 0.3) is 0 Å². The number of carboxylic acids is 1. The van der Waals surface area contributed by atoms with Crippen molar-refractivity contribution in [1.29, 1.82) is 0 Å². The second kappa shape index (κ2) is 3.79. The van der Waals surface area contributed by atoms with Crippen molar-refractivity contribution in [3.63, 3.8) is 0 Å². The van der Waals surface area contributed by atoms with Gasteiger partial charge < -0.3 is 15.0 Å². The van der Waals surface area contributed by atoms with E-state index in [9.17, 15) is 4.79 Å². The molecule has 1 aliphatic rings. The number of aromatic carboxylic acids is 1. The summed E-state index contributed by atoms with van der Waals surface area (Å²) in [5, 5.41) is 12.0. The van der Waals surface area contributed by atoms with Crippen molar-refractivity contribution in [2.45, 2.75) is 18.9 Å². The Morgan fingerprint density at radius 3 is 3.14 bits per heavy atom. The molecule has 1 unspecified atom stereocenters. The summed E-state index contributed by atoms with van der Waals surface area (Å²) in [5.41, 5.74) is 0.121. The molecule has 1 aromatic heterocycles. The summed E-state index contributed by atoms with van der Waals surface area (Å²) in [7, 11) is 0. The third-order valence-corrected chi connectivity index (χ3v) is 2.51. The van der Waals surface area contributed by atoms with Crippen LogP contribution >= 0.6 is 0 Å². The van der Waals surface area contributed by atoms with E-state index in [1.165, 1.54) is 0 Å². The molecule has 0 radical (unpaired) electrons. The first-order valence-corrected chi connectivity index (χ1v) is 4.75. The Bertz CT molecular complexity index is 329. The van der Waals surface area contributed by atoms with Gasteiger partial charge in [0.2, 0.25) is 0 Å². The van der Waals surface area contributed by atoms with Crippen LogP contribution in [0.1, 0.15) is 29.4 Å². The molecule has 5 nitrogen and oxygen atoms in total. The molecule has 0 saturated carbocycles. The van der Waals surface area contributed by atoms with E-state index >= 15 is 0 Å². The number of piperidine rings is 1. The van der Waals surface area contributed by atoms with Crippen LogP contribution in [-0.4, -0.2) is 33.7 Å². The Balaban J connectivity index is 2.11. The quantitative estimate of drug-likeness (QED) is 0.721. The Morgan fingerprint density at radius 1 is 1.71 bits per heavy atom. The molecule has 2 N–H and O–H groups in total. The first-order valence-electron chi connectivity index (χ1n) is 4.75. The Kier molecular flexibility index (Phi) is 2.49. The van der Waals surface area contributed by atoms with Crippen LogP contribution in [0.3, 0.4) is 0 Å². The average Bonchev–Trinajstić information content (AvgIpc) is 2.68. The summed E-state index contributed by atoms with van der Waals surface area (Å²) >= 11 is 0. The highest BCUT2D eigenvalue weighted by Crippen LogP contribution is 2.16. The van der Waals surface area contributed by atoms with Crippen molar-refractivity contribution in [2.75, 3.05) is 13.1 Å². The highest BCUT2D eigenvalue weighted by molar-refractivity contribution is 5.84. The minimum atomic E-state index is -0.965. The normalized spacial score (nSPS) is 22.1. The molecular formula is C9H13N3O2. The number of nitrogens with zero attached hydrogens (tertiary/aromatic N) is 2. The number of rotatable bonds is 2. The number of nitrogens with one attached hydrogen (secondary N) is 1. The Morgan fingerprint density at radius 2 is 2.57 bits per heavy atom. The lowest BCUT2D eigenvalue weighted by Crippen LogP contribution is -2.31. The van der Waals surface area contributed by atoms with E-state index in [-0.39, 0.29) is 5.69 Å². The zero-order valence-corrected chi connectivity index (χ0v) is 7.81. The Labute approximate surface area is 81.8 Å². The standard InChI is InChI=1S/C9H13N3O2/c13-9(14)8-5-12(6-11-8)7-2-1-3-10-4-7/h5-7,10H,1-4H2,(H,13,14). The average molecular weight is 195 g/mol. The van der Waals surface area contributed by atoms with Gasteiger partial charge in [0.15, 0.2) is 5.69 Å². The van der Waals surface area contributed by atoms with Crippen molar-refractivity contribution in [1.82, 2.24) is 14.9 Å². The second-order valence-electron chi connectivity index (χ2n) is 3.51. The lowest BCUT2D eigenvalue weighted by atomic mass is 10.1. The van der Waals surface area contributed by atoms with Gasteiger partial charge in [-0.1, -0.05) is 0 Å². The number of aromatic nitrogens is 2. The van der Waals surface area contributed by atoms with Gasteiger partial charge in [0.1, 0.15) is 0 Å². The van der Waals surface area contributed by atoms with E-state index in [1.54, 1.807) is 12.5 Å². The molecule has 76 valence electrons. The largest absolute Gasteiger partial charge is 0.476 e. The first kappa shape index (κ1) is 9.21. The summed E-state index contributed by atoms with van der Waals surface area (Å²) in [4.78, 5) is 14.4. The smallest absolute Gasteiger partial charge is 0.356 e. The maximum atomic E-state index is 10.6. The molecule has 2 heterocycles.